The maximum Gasteiger partial charge on any atom is 0.343 e. The van der Waals surface area contributed by atoms with Crippen LogP contribution < -0.4 is 10.2 Å². The van der Waals surface area contributed by atoms with Crippen molar-refractivity contribution in [3.63, 3.8) is 0 Å². The van der Waals surface area contributed by atoms with Crippen molar-refractivity contribution in [1.29, 1.82) is 0 Å². The first kappa shape index (κ1) is 18.1. The monoisotopic (exact) mass is 373 g/mol. The molecule has 0 saturated heterocycles. The number of aryl methyl sites for hydroxylation is 3. The van der Waals surface area contributed by atoms with Gasteiger partial charge < -0.3 is 13.9 Å². The molecule has 6 nitrogen and oxygen atoms in total. The number of fused-ring (bicyclic) bond motifs is 1. The molecular formula is C19H19NO5S. The van der Waals surface area contributed by atoms with Gasteiger partial charge in [0.15, 0.2) is 6.61 Å². The van der Waals surface area contributed by atoms with E-state index in [0.717, 1.165) is 10.6 Å². The number of aromatic nitrogens is 1. The van der Waals surface area contributed by atoms with Gasteiger partial charge in [-0.2, -0.15) is 0 Å². The summed E-state index contributed by atoms with van der Waals surface area (Å²) in [6.07, 6.45) is 0.644. The summed E-state index contributed by atoms with van der Waals surface area (Å²) in [7, 11) is 1.30. The number of hydrogen-bond acceptors (Lipinski definition) is 7. The highest BCUT2D eigenvalue weighted by Gasteiger charge is 2.18. The van der Waals surface area contributed by atoms with E-state index < -0.39 is 5.97 Å². The molecule has 2 aromatic heterocycles. The second-order valence-electron chi connectivity index (χ2n) is 5.79. The molecule has 136 valence electrons. The van der Waals surface area contributed by atoms with Crippen molar-refractivity contribution in [2.24, 2.45) is 0 Å². The van der Waals surface area contributed by atoms with Crippen LogP contribution in [0.2, 0.25) is 0 Å². The highest BCUT2D eigenvalue weighted by Crippen LogP contribution is 2.30. The average Bonchev–Trinajstić information content (AvgIpc) is 3.04. The topological polar surface area (TPSA) is 78.6 Å². The van der Waals surface area contributed by atoms with Crippen LogP contribution in [0.5, 0.6) is 5.75 Å². The van der Waals surface area contributed by atoms with Gasteiger partial charge in [-0.25, -0.2) is 9.78 Å². The van der Waals surface area contributed by atoms with Crippen LogP contribution in [-0.2, 0) is 16.0 Å². The van der Waals surface area contributed by atoms with Crippen molar-refractivity contribution in [1.82, 2.24) is 4.98 Å². The number of ether oxygens (including phenoxy) is 2. The minimum atomic E-state index is -0.473. The molecule has 0 unspecified atom stereocenters. The van der Waals surface area contributed by atoms with Gasteiger partial charge >= 0.3 is 5.97 Å². The van der Waals surface area contributed by atoms with Crippen molar-refractivity contribution in [3.05, 3.63) is 44.1 Å². The first-order chi connectivity index (χ1) is 12.4. The number of carbonyl (C=O) groups is 1. The molecular weight excluding hydrogens is 354 g/mol. The standard InChI is InChI=1S/C19H19NO5S/c1-5-12-6-13-16(7-15(12)24-8-17(21)23-4)25-10(2)18(19(13)22)14-9-26-11(3)20-14/h6-7,9H,5,8H2,1-4H3. The number of rotatable bonds is 5. The van der Waals surface area contributed by atoms with Crippen LogP contribution in [0.3, 0.4) is 0 Å². The quantitative estimate of drug-likeness (QED) is 0.635. The summed E-state index contributed by atoms with van der Waals surface area (Å²) >= 11 is 1.49. The maximum atomic E-state index is 13.0. The van der Waals surface area contributed by atoms with Gasteiger partial charge in [0.1, 0.15) is 17.1 Å². The highest BCUT2D eigenvalue weighted by atomic mass is 32.1. The fourth-order valence-electron chi connectivity index (χ4n) is 2.76. The van der Waals surface area contributed by atoms with Crippen molar-refractivity contribution < 1.29 is 18.7 Å². The van der Waals surface area contributed by atoms with Crippen LogP contribution in [0.25, 0.3) is 22.2 Å². The zero-order chi connectivity index (χ0) is 18.8. The van der Waals surface area contributed by atoms with E-state index in [-0.39, 0.29) is 12.0 Å². The molecule has 0 aliphatic heterocycles. The number of benzene rings is 1. The van der Waals surface area contributed by atoms with Crippen LogP contribution in [0.15, 0.2) is 26.7 Å². The van der Waals surface area contributed by atoms with Crippen LogP contribution in [-0.4, -0.2) is 24.7 Å². The summed E-state index contributed by atoms with van der Waals surface area (Å²) in [5, 5.41) is 3.22. The fraction of sp³-hybridized carbons (Fsp3) is 0.316. The summed E-state index contributed by atoms with van der Waals surface area (Å²) in [4.78, 5) is 28.8. The Morgan fingerprint density at radius 3 is 2.69 bits per heavy atom. The average molecular weight is 373 g/mol. The van der Waals surface area contributed by atoms with E-state index in [2.05, 4.69) is 9.72 Å². The Bertz CT molecular complexity index is 1030. The number of esters is 1. The van der Waals surface area contributed by atoms with E-state index in [1.165, 1.54) is 18.4 Å². The van der Waals surface area contributed by atoms with E-state index in [4.69, 9.17) is 9.15 Å². The van der Waals surface area contributed by atoms with Gasteiger partial charge in [0.2, 0.25) is 5.43 Å². The van der Waals surface area contributed by atoms with Gasteiger partial charge in [0.05, 0.1) is 28.8 Å². The number of thiazole rings is 1. The second-order valence-corrected chi connectivity index (χ2v) is 6.85. The third-order valence-corrected chi connectivity index (χ3v) is 4.85. The maximum absolute atomic E-state index is 13.0. The van der Waals surface area contributed by atoms with Crippen LogP contribution in [0, 0.1) is 13.8 Å². The molecule has 26 heavy (non-hydrogen) atoms. The van der Waals surface area contributed by atoms with E-state index >= 15 is 0 Å². The fourth-order valence-corrected chi connectivity index (χ4v) is 3.36. The van der Waals surface area contributed by atoms with Crippen molar-refractivity contribution in [3.8, 4) is 17.0 Å². The molecule has 0 fully saturated rings. The van der Waals surface area contributed by atoms with Crippen molar-refractivity contribution in [2.75, 3.05) is 13.7 Å². The summed E-state index contributed by atoms with van der Waals surface area (Å²) in [6.45, 7) is 5.39. The molecule has 0 bridgehead atoms. The zero-order valence-electron chi connectivity index (χ0n) is 15.0. The first-order valence-electron chi connectivity index (χ1n) is 8.17. The molecule has 3 aromatic rings. The number of carbonyl (C=O) groups excluding carboxylic acids is 1. The second kappa shape index (κ2) is 7.29. The molecule has 0 aliphatic rings. The Morgan fingerprint density at radius 1 is 1.31 bits per heavy atom. The minimum Gasteiger partial charge on any atom is -0.481 e. The minimum absolute atomic E-state index is 0.122. The number of methoxy groups -OCH3 is 1. The lowest BCUT2D eigenvalue weighted by Gasteiger charge is -2.12. The van der Waals surface area contributed by atoms with Gasteiger partial charge in [0.25, 0.3) is 0 Å². The van der Waals surface area contributed by atoms with Crippen molar-refractivity contribution in [2.45, 2.75) is 27.2 Å². The lowest BCUT2D eigenvalue weighted by molar-refractivity contribution is -0.142. The Morgan fingerprint density at radius 2 is 2.08 bits per heavy atom. The van der Waals surface area contributed by atoms with Gasteiger partial charge in [-0.1, -0.05) is 6.92 Å². The molecule has 0 atom stereocenters. The third kappa shape index (κ3) is 3.35. The van der Waals surface area contributed by atoms with Crippen LogP contribution in [0.4, 0.5) is 0 Å². The van der Waals surface area contributed by atoms with Crippen LogP contribution in [0.1, 0.15) is 23.3 Å². The number of nitrogens with zero attached hydrogens (tertiary/aromatic N) is 1. The van der Waals surface area contributed by atoms with Gasteiger partial charge in [0, 0.05) is 11.4 Å². The zero-order valence-corrected chi connectivity index (χ0v) is 15.9. The Kier molecular flexibility index (Phi) is 5.08. The summed E-state index contributed by atoms with van der Waals surface area (Å²) in [5.74, 6) is 0.528. The Labute approximate surface area is 154 Å². The summed E-state index contributed by atoms with van der Waals surface area (Å²) < 4.78 is 16.0. The molecule has 0 saturated carbocycles. The third-order valence-electron chi connectivity index (χ3n) is 4.08. The largest absolute Gasteiger partial charge is 0.481 e. The van der Waals surface area contributed by atoms with Gasteiger partial charge in [-0.15, -0.1) is 11.3 Å². The molecule has 7 heteroatoms. The smallest absolute Gasteiger partial charge is 0.343 e. The highest BCUT2D eigenvalue weighted by molar-refractivity contribution is 7.09. The summed E-state index contributed by atoms with van der Waals surface area (Å²) in [5.41, 5.74) is 2.22. The predicted molar refractivity (Wildman–Crippen MR) is 100.0 cm³/mol. The number of hydrogen-bond donors (Lipinski definition) is 0. The van der Waals surface area contributed by atoms with Crippen molar-refractivity contribution >= 4 is 28.3 Å². The Balaban J connectivity index is 2.14. The van der Waals surface area contributed by atoms with E-state index in [9.17, 15) is 9.59 Å². The molecule has 0 aliphatic carbocycles. The molecule has 2 heterocycles. The molecule has 0 amide bonds. The van der Waals surface area contributed by atoms with Gasteiger partial charge in [-0.05, 0) is 31.9 Å². The SMILES string of the molecule is CCc1cc2c(=O)c(-c3csc(C)n3)c(C)oc2cc1OCC(=O)OC. The lowest BCUT2D eigenvalue weighted by Crippen LogP contribution is -2.14. The summed E-state index contributed by atoms with van der Waals surface area (Å²) in [6, 6.07) is 3.41. The predicted octanol–water partition coefficient (Wildman–Crippen LogP) is 3.65. The van der Waals surface area contributed by atoms with E-state index in [1.807, 2.05) is 19.2 Å². The molecule has 1 aromatic carbocycles. The molecule has 0 spiro atoms. The first-order valence-corrected chi connectivity index (χ1v) is 9.05. The van der Waals surface area contributed by atoms with Gasteiger partial charge in [-0.3, -0.25) is 4.79 Å². The molecule has 0 radical (unpaired) electrons. The van der Waals surface area contributed by atoms with E-state index in [0.29, 0.717) is 40.2 Å². The molecule has 0 N–H and O–H groups in total. The normalized spacial score (nSPS) is 10.9. The van der Waals surface area contributed by atoms with E-state index in [1.54, 1.807) is 19.1 Å². The Hall–Kier alpha value is -2.67. The van der Waals surface area contributed by atoms with Crippen LogP contribution >= 0.6 is 11.3 Å². The molecule has 3 rings (SSSR count). The lowest BCUT2D eigenvalue weighted by atomic mass is 10.0.